The lowest BCUT2D eigenvalue weighted by Gasteiger charge is -2.08. The number of rotatable bonds is 8. The van der Waals surface area contributed by atoms with E-state index in [2.05, 4.69) is 15.6 Å². The van der Waals surface area contributed by atoms with Crippen LogP contribution in [-0.4, -0.2) is 39.4 Å². The lowest BCUT2D eigenvalue weighted by atomic mass is 10.2. The number of hydrogen-bond acceptors (Lipinski definition) is 5. The van der Waals surface area contributed by atoms with E-state index in [1.807, 2.05) is 35.9 Å². The first-order valence-electron chi connectivity index (χ1n) is 10.5. The molecule has 168 valence electrons. The summed E-state index contributed by atoms with van der Waals surface area (Å²) < 4.78 is 7.77. The summed E-state index contributed by atoms with van der Waals surface area (Å²) in [7, 11) is 0. The van der Waals surface area contributed by atoms with E-state index in [-0.39, 0.29) is 30.7 Å². The fourth-order valence-corrected chi connectivity index (χ4v) is 3.30. The highest BCUT2D eigenvalue weighted by atomic mass is 16.5. The Hall–Kier alpha value is -4.33. The van der Waals surface area contributed by atoms with E-state index in [0.717, 1.165) is 16.9 Å². The predicted molar refractivity (Wildman–Crippen MR) is 123 cm³/mol. The normalized spacial score (nSPS) is 10.7. The number of carbonyl (C=O) groups excluding carboxylic acids is 2. The van der Waals surface area contributed by atoms with Gasteiger partial charge in [-0.25, -0.2) is 4.98 Å². The van der Waals surface area contributed by atoms with Crippen molar-refractivity contribution in [3.8, 4) is 11.5 Å². The Morgan fingerprint density at radius 2 is 1.55 bits per heavy atom. The number of nitrogens with one attached hydrogen (secondary N) is 2. The van der Waals surface area contributed by atoms with Crippen molar-refractivity contribution in [2.75, 3.05) is 13.1 Å². The van der Waals surface area contributed by atoms with Crippen molar-refractivity contribution in [1.82, 2.24) is 20.0 Å². The van der Waals surface area contributed by atoms with Crippen LogP contribution < -0.4 is 15.4 Å². The Balaban J connectivity index is 1.22. The highest BCUT2D eigenvalue weighted by Gasteiger charge is 2.08. The Kier molecular flexibility index (Phi) is 6.54. The van der Waals surface area contributed by atoms with Crippen molar-refractivity contribution in [2.24, 2.45) is 0 Å². The summed E-state index contributed by atoms with van der Waals surface area (Å²) in [5.74, 6) is 0.227. The average Bonchev–Trinajstić information content (AvgIpc) is 3.25. The summed E-state index contributed by atoms with van der Waals surface area (Å²) >= 11 is 0. The molecule has 3 N–H and O–H groups in total. The number of hydrogen-bond donors (Lipinski definition) is 3. The Bertz CT molecular complexity index is 1260. The fraction of sp³-hybridized carbons (Fsp3) is 0.160. The van der Waals surface area contributed by atoms with E-state index in [1.165, 1.54) is 24.3 Å². The molecule has 0 unspecified atom stereocenters. The van der Waals surface area contributed by atoms with Gasteiger partial charge in [0.15, 0.2) is 0 Å². The first kappa shape index (κ1) is 21.9. The van der Waals surface area contributed by atoms with Crippen LogP contribution >= 0.6 is 0 Å². The van der Waals surface area contributed by atoms with E-state index >= 15 is 0 Å². The summed E-state index contributed by atoms with van der Waals surface area (Å²) in [5.41, 5.74) is 3.76. The summed E-state index contributed by atoms with van der Waals surface area (Å²) in [6.45, 7) is 2.91. The summed E-state index contributed by atoms with van der Waals surface area (Å²) in [6, 6.07) is 16.8. The Labute approximate surface area is 190 Å². The van der Waals surface area contributed by atoms with Crippen LogP contribution in [0.1, 0.15) is 32.0 Å². The molecule has 0 aliphatic carbocycles. The zero-order valence-corrected chi connectivity index (χ0v) is 18.1. The molecule has 2 aromatic heterocycles. The van der Waals surface area contributed by atoms with E-state index in [9.17, 15) is 14.7 Å². The monoisotopic (exact) mass is 444 g/mol. The number of aromatic hydroxyl groups is 1. The third-order valence-corrected chi connectivity index (χ3v) is 5.06. The van der Waals surface area contributed by atoms with Crippen LogP contribution in [0.2, 0.25) is 0 Å². The first-order valence-corrected chi connectivity index (χ1v) is 10.5. The molecule has 2 heterocycles. The van der Waals surface area contributed by atoms with Crippen LogP contribution in [0.4, 0.5) is 0 Å². The second-order valence-electron chi connectivity index (χ2n) is 7.53. The maximum atomic E-state index is 12.3. The van der Waals surface area contributed by atoms with Crippen molar-refractivity contribution >= 4 is 17.5 Å². The van der Waals surface area contributed by atoms with Gasteiger partial charge in [-0.05, 0) is 67.1 Å². The number of aromatic nitrogens is 2. The Morgan fingerprint density at radius 1 is 0.939 bits per heavy atom. The molecule has 0 aliphatic rings. The highest BCUT2D eigenvalue weighted by Crippen LogP contribution is 2.16. The van der Waals surface area contributed by atoms with Gasteiger partial charge >= 0.3 is 0 Å². The molecule has 0 saturated carbocycles. The molecule has 0 saturated heterocycles. The van der Waals surface area contributed by atoms with Gasteiger partial charge in [0, 0.05) is 36.6 Å². The van der Waals surface area contributed by atoms with Gasteiger partial charge in [0.05, 0.1) is 5.69 Å². The molecule has 8 nitrogen and oxygen atoms in total. The van der Waals surface area contributed by atoms with Crippen LogP contribution in [0, 0.1) is 6.92 Å². The molecular formula is C25H24N4O4. The molecule has 4 aromatic rings. The minimum Gasteiger partial charge on any atom is -0.508 e. The van der Waals surface area contributed by atoms with Crippen molar-refractivity contribution in [1.29, 1.82) is 0 Å². The SMILES string of the molecule is Cc1cccn2cc(COc3ccc(C(=O)NCCNC(=O)c4ccc(O)cc4)cc3)nc12. The minimum absolute atomic E-state index is 0.0977. The zero-order chi connectivity index (χ0) is 23.2. The van der Waals surface area contributed by atoms with Gasteiger partial charge in [0.25, 0.3) is 11.8 Å². The molecule has 0 radical (unpaired) electrons. The largest absolute Gasteiger partial charge is 0.508 e. The van der Waals surface area contributed by atoms with Gasteiger partial charge in [0.1, 0.15) is 23.8 Å². The van der Waals surface area contributed by atoms with Crippen molar-refractivity contribution in [2.45, 2.75) is 13.5 Å². The van der Waals surface area contributed by atoms with Crippen molar-refractivity contribution < 1.29 is 19.4 Å². The van der Waals surface area contributed by atoms with Crippen molar-refractivity contribution in [3.05, 3.63) is 95.4 Å². The van der Waals surface area contributed by atoms with Crippen LogP contribution in [0.5, 0.6) is 11.5 Å². The van der Waals surface area contributed by atoms with E-state index in [4.69, 9.17) is 4.74 Å². The number of phenols is 1. The number of phenolic OH excluding ortho intramolecular Hbond substituents is 1. The maximum absolute atomic E-state index is 12.3. The van der Waals surface area contributed by atoms with Gasteiger partial charge in [-0.2, -0.15) is 0 Å². The number of pyridine rings is 1. The van der Waals surface area contributed by atoms with Gasteiger partial charge in [-0.15, -0.1) is 0 Å². The standard InChI is InChI=1S/C25H24N4O4/c1-17-3-2-14-29-15-20(28-23(17)29)16-33-22-10-6-19(7-11-22)25(32)27-13-12-26-24(31)18-4-8-21(30)9-5-18/h2-11,14-15,30H,12-13,16H2,1H3,(H,26,31)(H,27,32). The van der Waals surface area contributed by atoms with Gasteiger partial charge in [-0.1, -0.05) is 6.07 Å². The van der Waals surface area contributed by atoms with Crippen molar-refractivity contribution in [3.63, 3.8) is 0 Å². The van der Waals surface area contributed by atoms with E-state index in [0.29, 0.717) is 23.5 Å². The van der Waals surface area contributed by atoms with E-state index in [1.54, 1.807) is 24.3 Å². The first-order chi connectivity index (χ1) is 16.0. The molecule has 0 atom stereocenters. The van der Waals surface area contributed by atoms with Crippen LogP contribution in [0.25, 0.3) is 5.65 Å². The number of nitrogens with zero attached hydrogens (tertiary/aromatic N) is 2. The number of ether oxygens (including phenoxy) is 1. The maximum Gasteiger partial charge on any atom is 0.251 e. The molecule has 33 heavy (non-hydrogen) atoms. The molecule has 0 fully saturated rings. The third-order valence-electron chi connectivity index (χ3n) is 5.06. The smallest absolute Gasteiger partial charge is 0.251 e. The fourth-order valence-electron chi connectivity index (χ4n) is 3.30. The number of aryl methyl sites for hydroxylation is 1. The minimum atomic E-state index is -0.272. The average molecular weight is 444 g/mol. The molecule has 0 aliphatic heterocycles. The Morgan fingerprint density at radius 3 is 2.15 bits per heavy atom. The van der Waals surface area contributed by atoms with E-state index < -0.39 is 0 Å². The van der Waals surface area contributed by atoms with Gasteiger partial charge in [-0.3, -0.25) is 9.59 Å². The topological polar surface area (TPSA) is 105 Å². The number of fused-ring (bicyclic) bond motifs is 1. The third kappa shape index (κ3) is 5.48. The van der Waals surface area contributed by atoms with Gasteiger partial charge < -0.3 is 24.9 Å². The lowest BCUT2D eigenvalue weighted by molar-refractivity contribution is 0.0927. The summed E-state index contributed by atoms with van der Waals surface area (Å²) in [5, 5.41) is 14.7. The number of imidazole rings is 1. The molecule has 0 bridgehead atoms. The highest BCUT2D eigenvalue weighted by molar-refractivity contribution is 5.95. The molecule has 8 heteroatoms. The predicted octanol–water partition coefficient (Wildman–Crippen LogP) is 3.09. The number of amides is 2. The number of carbonyl (C=O) groups is 2. The second-order valence-corrected chi connectivity index (χ2v) is 7.53. The van der Waals surface area contributed by atoms with Crippen LogP contribution in [-0.2, 0) is 6.61 Å². The molecule has 2 aromatic carbocycles. The second kappa shape index (κ2) is 9.86. The van der Waals surface area contributed by atoms with Crippen LogP contribution in [0.3, 0.4) is 0 Å². The van der Waals surface area contributed by atoms with Crippen LogP contribution in [0.15, 0.2) is 73.1 Å². The van der Waals surface area contributed by atoms with Gasteiger partial charge in [0.2, 0.25) is 0 Å². The molecular weight excluding hydrogens is 420 g/mol. The zero-order valence-electron chi connectivity index (χ0n) is 18.1. The number of benzene rings is 2. The quantitative estimate of drug-likeness (QED) is 0.362. The summed E-state index contributed by atoms with van der Waals surface area (Å²) in [6.07, 6.45) is 3.88. The molecule has 0 spiro atoms. The lowest BCUT2D eigenvalue weighted by Crippen LogP contribution is -2.34. The summed E-state index contributed by atoms with van der Waals surface area (Å²) in [4.78, 5) is 28.9. The molecule has 4 rings (SSSR count). The molecule has 2 amide bonds.